The van der Waals surface area contributed by atoms with Crippen LogP contribution in [0.2, 0.25) is 5.02 Å². The molecule has 23 heavy (non-hydrogen) atoms. The second-order valence-electron chi connectivity index (χ2n) is 5.77. The Balaban J connectivity index is 1.86. The molecule has 0 amide bonds. The maximum absolute atomic E-state index is 5.96. The summed E-state index contributed by atoms with van der Waals surface area (Å²) in [6, 6.07) is 16.0. The Morgan fingerprint density at radius 3 is 2.57 bits per heavy atom. The number of imidazole rings is 1. The molecular weight excluding hydrogens is 306 g/mol. The highest BCUT2D eigenvalue weighted by molar-refractivity contribution is 6.30. The van der Waals surface area contributed by atoms with Crippen LogP contribution in [0.3, 0.4) is 0 Å². The van der Waals surface area contributed by atoms with Gasteiger partial charge in [0.15, 0.2) is 0 Å². The number of para-hydroxylation sites is 2. The standard InChI is InChI=1S/C19H22ClN3/c1-2-3-4-7-14-23-18-9-6-5-8-17(18)22-19(23)21-16-12-10-15(20)11-13-16/h5-6,8-13H,2-4,7,14H2,1H3,(H,21,22). The molecule has 0 spiro atoms. The number of aryl methyl sites for hydroxylation is 1. The topological polar surface area (TPSA) is 29.9 Å². The van der Waals surface area contributed by atoms with Gasteiger partial charge in [-0.25, -0.2) is 4.98 Å². The first-order chi connectivity index (χ1) is 11.3. The third-order valence-corrected chi connectivity index (χ3v) is 4.24. The van der Waals surface area contributed by atoms with Crippen LogP contribution in [-0.2, 0) is 6.54 Å². The van der Waals surface area contributed by atoms with Crippen molar-refractivity contribution in [3.63, 3.8) is 0 Å². The second kappa shape index (κ2) is 7.51. The Morgan fingerprint density at radius 1 is 1.00 bits per heavy atom. The van der Waals surface area contributed by atoms with E-state index in [0.717, 1.165) is 28.7 Å². The van der Waals surface area contributed by atoms with Gasteiger partial charge in [0.05, 0.1) is 11.0 Å². The molecule has 0 aliphatic carbocycles. The summed E-state index contributed by atoms with van der Waals surface area (Å²) in [7, 11) is 0. The maximum Gasteiger partial charge on any atom is 0.208 e. The zero-order valence-electron chi connectivity index (χ0n) is 13.4. The van der Waals surface area contributed by atoms with Crippen LogP contribution in [0.15, 0.2) is 48.5 Å². The van der Waals surface area contributed by atoms with Gasteiger partial charge in [-0.15, -0.1) is 0 Å². The molecule has 3 rings (SSSR count). The number of nitrogens with one attached hydrogen (secondary N) is 1. The van der Waals surface area contributed by atoms with Gasteiger partial charge in [-0.3, -0.25) is 0 Å². The number of aromatic nitrogens is 2. The molecule has 4 heteroatoms. The SMILES string of the molecule is CCCCCCn1c(Nc2ccc(Cl)cc2)nc2ccccc21. The number of rotatable bonds is 7. The van der Waals surface area contributed by atoms with Crippen LogP contribution in [0.5, 0.6) is 0 Å². The number of halogens is 1. The van der Waals surface area contributed by atoms with Crippen molar-refractivity contribution in [3.8, 4) is 0 Å². The summed E-state index contributed by atoms with van der Waals surface area (Å²) in [5, 5.41) is 4.16. The Bertz CT molecular complexity index is 762. The predicted molar refractivity (Wildman–Crippen MR) is 98.6 cm³/mol. The average molecular weight is 328 g/mol. The fourth-order valence-corrected chi connectivity index (χ4v) is 2.88. The van der Waals surface area contributed by atoms with Crippen LogP contribution in [0.1, 0.15) is 32.6 Å². The van der Waals surface area contributed by atoms with Gasteiger partial charge in [0.2, 0.25) is 5.95 Å². The first-order valence-corrected chi connectivity index (χ1v) is 8.63. The van der Waals surface area contributed by atoms with Crippen LogP contribution in [0.4, 0.5) is 11.6 Å². The van der Waals surface area contributed by atoms with Crippen molar-refractivity contribution >= 4 is 34.3 Å². The first-order valence-electron chi connectivity index (χ1n) is 8.26. The molecule has 0 atom stereocenters. The van der Waals surface area contributed by atoms with Crippen molar-refractivity contribution in [3.05, 3.63) is 53.6 Å². The van der Waals surface area contributed by atoms with Gasteiger partial charge in [0, 0.05) is 17.3 Å². The predicted octanol–water partition coefficient (Wildman–Crippen LogP) is 6.01. The summed E-state index contributed by atoms with van der Waals surface area (Å²) >= 11 is 5.96. The minimum absolute atomic E-state index is 0.739. The lowest BCUT2D eigenvalue weighted by molar-refractivity contribution is 0.595. The number of unbranched alkanes of at least 4 members (excludes halogenated alkanes) is 3. The zero-order valence-corrected chi connectivity index (χ0v) is 14.2. The van der Waals surface area contributed by atoms with E-state index in [4.69, 9.17) is 16.6 Å². The van der Waals surface area contributed by atoms with Crippen LogP contribution >= 0.6 is 11.6 Å². The zero-order chi connectivity index (χ0) is 16.1. The summed E-state index contributed by atoms with van der Waals surface area (Å²) in [6.07, 6.45) is 4.96. The van der Waals surface area contributed by atoms with Crippen LogP contribution < -0.4 is 5.32 Å². The molecule has 1 N–H and O–H groups in total. The van der Waals surface area contributed by atoms with E-state index in [1.807, 2.05) is 30.3 Å². The van der Waals surface area contributed by atoms with Crippen molar-refractivity contribution < 1.29 is 0 Å². The number of nitrogens with zero attached hydrogens (tertiary/aromatic N) is 2. The molecule has 0 saturated carbocycles. The molecule has 0 aliphatic rings. The fourth-order valence-electron chi connectivity index (χ4n) is 2.76. The Labute approximate surface area is 142 Å². The Hall–Kier alpha value is -2.00. The van der Waals surface area contributed by atoms with Crippen molar-refractivity contribution in [2.24, 2.45) is 0 Å². The van der Waals surface area contributed by atoms with E-state index in [-0.39, 0.29) is 0 Å². The molecule has 3 aromatic rings. The number of hydrogen-bond acceptors (Lipinski definition) is 2. The molecular formula is C19H22ClN3. The molecule has 1 aromatic heterocycles. The van der Waals surface area contributed by atoms with E-state index in [1.165, 1.54) is 31.2 Å². The summed E-state index contributed by atoms with van der Waals surface area (Å²) in [6.45, 7) is 3.22. The first kappa shape index (κ1) is 15.9. The van der Waals surface area contributed by atoms with Gasteiger partial charge in [0.25, 0.3) is 0 Å². The highest BCUT2D eigenvalue weighted by Crippen LogP contribution is 2.24. The van der Waals surface area contributed by atoms with Crippen LogP contribution in [0.25, 0.3) is 11.0 Å². The highest BCUT2D eigenvalue weighted by atomic mass is 35.5. The van der Waals surface area contributed by atoms with E-state index >= 15 is 0 Å². The third kappa shape index (κ3) is 3.85. The van der Waals surface area contributed by atoms with Gasteiger partial charge in [-0.1, -0.05) is 49.9 Å². The average Bonchev–Trinajstić information content (AvgIpc) is 2.91. The van der Waals surface area contributed by atoms with E-state index in [1.54, 1.807) is 0 Å². The number of fused-ring (bicyclic) bond motifs is 1. The molecule has 120 valence electrons. The molecule has 1 heterocycles. The molecule has 0 fully saturated rings. The lowest BCUT2D eigenvalue weighted by Gasteiger charge is -2.11. The largest absolute Gasteiger partial charge is 0.326 e. The minimum atomic E-state index is 0.739. The van der Waals surface area contributed by atoms with E-state index in [0.29, 0.717) is 0 Å². The number of hydrogen-bond donors (Lipinski definition) is 1. The number of benzene rings is 2. The number of anilines is 2. The van der Waals surface area contributed by atoms with Crippen molar-refractivity contribution in [1.29, 1.82) is 0 Å². The van der Waals surface area contributed by atoms with Gasteiger partial charge in [0.1, 0.15) is 0 Å². The highest BCUT2D eigenvalue weighted by Gasteiger charge is 2.10. The summed E-state index contributed by atoms with van der Waals surface area (Å²) in [4.78, 5) is 4.75. The van der Waals surface area contributed by atoms with Crippen LogP contribution in [0, 0.1) is 0 Å². The molecule has 0 aliphatic heterocycles. The van der Waals surface area contributed by atoms with Crippen molar-refractivity contribution in [2.75, 3.05) is 5.32 Å². The summed E-state index contributed by atoms with van der Waals surface area (Å²) in [5.41, 5.74) is 3.21. The quantitative estimate of drug-likeness (QED) is 0.538. The summed E-state index contributed by atoms with van der Waals surface area (Å²) in [5.74, 6) is 0.894. The summed E-state index contributed by atoms with van der Waals surface area (Å²) < 4.78 is 2.28. The monoisotopic (exact) mass is 327 g/mol. The lowest BCUT2D eigenvalue weighted by Crippen LogP contribution is -2.04. The van der Waals surface area contributed by atoms with Gasteiger partial charge >= 0.3 is 0 Å². The van der Waals surface area contributed by atoms with E-state index < -0.39 is 0 Å². The Morgan fingerprint density at radius 2 is 1.78 bits per heavy atom. The lowest BCUT2D eigenvalue weighted by atomic mass is 10.2. The second-order valence-corrected chi connectivity index (χ2v) is 6.20. The molecule has 0 bridgehead atoms. The van der Waals surface area contributed by atoms with E-state index in [9.17, 15) is 0 Å². The van der Waals surface area contributed by atoms with E-state index in [2.05, 4.69) is 35.0 Å². The normalized spacial score (nSPS) is 11.0. The molecule has 3 nitrogen and oxygen atoms in total. The minimum Gasteiger partial charge on any atom is -0.326 e. The fraction of sp³-hybridized carbons (Fsp3) is 0.316. The smallest absolute Gasteiger partial charge is 0.208 e. The molecule has 0 radical (unpaired) electrons. The van der Waals surface area contributed by atoms with Gasteiger partial charge < -0.3 is 9.88 Å². The third-order valence-electron chi connectivity index (χ3n) is 3.99. The maximum atomic E-state index is 5.96. The van der Waals surface area contributed by atoms with Crippen LogP contribution in [-0.4, -0.2) is 9.55 Å². The molecule has 0 saturated heterocycles. The Kier molecular flexibility index (Phi) is 5.19. The van der Waals surface area contributed by atoms with Crippen molar-refractivity contribution in [2.45, 2.75) is 39.2 Å². The van der Waals surface area contributed by atoms with Gasteiger partial charge in [-0.05, 0) is 42.8 Å². The molecule has 2 aromatic carbocycles. The molecule has 0 unspecified atom stereocenters. The van der Waals surface area contributed by atoms with Crippen molar-refractivity contribution in [1.82, 2.24) is 9.55 Å². The van der Waals surface area contributed by atoms with Gasteiger partial charge in [-0.2, -0.15) is 0 Å².